The molecule has 2 aromatic carbocycles. The second kappa shape index (κ2) is 7.82. The van der Waals surface area contributed by atoms with Crippen molar-refractivity contribution in [2.75, 3.05) is 0 Å². The third-order valence-electron chi connectivity index (χ3n) is 4.82. The smallest absolute Gasteiger partial charge is 0.244 e. The maximum atomic E-state index is 12.6. The Bertz CT molecular complexity index is 1140. The fourth-order valence-electron chi connectivity index (χ4n) is 3.45. The van der Waals surface area contributed by atoms with Gasteiger partial charge in [-0.05, 0) is 49.1 Å². The van der Waals surface area contributed by atoms with Crippen molar-refractivity contribution >= 4 is 33.9 Å². The predicted octanol–water partition coefficient (Wildman–Crippen LogP) is 5.08. The molecule has 5 heteroatoms. The number of hydrogen-bond donors (Lipinski definition) is 1. The Kier molecular flexibility index (Phi) is 5.08. The molecule has 2 heterocycles. The molecule has 0 fully saturated rings. The maximum absolute atomic E-state index is 12.6. The molecule has 2 aromatic heterocycles. The molecule has 0 aliphatic heterocycles. The van der Waals surface area contributed by atoms with Crippen LogP contribution in [0.15, 0.2) is 77.2 Å². The van der Waals surface area contributed by atoms with E-state index in [4.69, 9.17) is 0 Å². The van der Waals surface area contributed by atoms with Gasteiger partial charge in [0.15, 0.2) is 0 Å². The lowest BCUT2D eigenvalue weighted by Gasteiger charge is -2.08. The molecule has 140 valence electrons. The van der Waals surface area contributed by atoms with Crippen LogP contribution in [0, 0.1) is 6.92 Å². The zero-order valence-electron chi connectivity index (χ0n) is 15.8. The van der Waals surface area contributed by atoms with E-state index in [2.05, 4.69) is 46.3 Å². The van der Waals surface area contributed by atoms with Crippen molar-refractivity contribution in [1.29, 1.82) is 0 Å². The van der Waals surface area contributed by atoms with Crippen molar-refractivity contribution in [2.45, 2.75) is 20.3 Å². The van der Waals surface area contributed by atoms with Gasteiger partial charge < -0.3 is 4.57 Å². The molecule has 4 rings (SSSR count). The zero-order chi connectivity index (χ0) is 19.5. The number of aromatic nitrogens is 1. The average molecular weight is 388 g/mol. The average Bonchev–Trinajstić information content (AvgIpc) is 3.35. The Morgan fingerprint density at radius 2 is 1.79 bits per heavy atom. The molecule has 4 aromatic rings. The van der Waals surface area contributed by atoms with Gasteiger partial charge in [-0.2, -0.15) is 5.10 Å². The van der Waals surface area contributed by atoms with Gasteiger partial charge in [0, 0.05) is 21.6 Å². The van der Waals surface area contributed by atoms with Crippen molar-refractivity contribution in [1.82, 2.24) is 9.99 Å². The van der Waals surface area contributed by atoms with Gasteiger partial charge in [-0.3, -0.25) is 4.79 Å². The molecule has 28 heavy (non-hydrogen) atoms. The summed E-state index contributed by atoms with van der Waals surface area (Å²) in [6, 6.07) is 22.4. The van der Waals surface area contributed by atoms with E-state index in [0.29, 0.717) is 0 Å². The number of nitrogens with zero attached hydrogens (tertiary/aromatic N) is 2. The van der Waals surface area contributed by atoms with E-state index in [-0.39, 0.29) is 12.3 Å². The molecule has 0 spiro atoms. The minimum Gasteiger partial charge on any atom is -0.314 e. The fraction of sp³-hybridized carbons (Fsp3) is 0.130. The number of para-hydroxylation sites is 2. The molecule has 0 bridgehead atoms. The van der Waals surface area contributed by atoms with Crippen LogP contribution < -0.4 is 5.43 Å². The predicted molar refractivity (Wildman–Crippen MR) is 116 cm³/mol. The number of hydrogen-bond acceptors (Lipinski definition) is 3. The second-order valence-corrected chi connectivity index (χ2v) is 7.59. The molecule has 0 radical (unpaired) electrons. The lowest BCUT2D eigenvalue weighted by atomic mass is 10.1. The molecule has 0 saturated heterocycles. The largest absolute Gasteiger partial charge is 0.314 e. The highest BCUT2D eigenvalue weighted by Crippen LogP contribution is 2.29. The molecular formula is C23H21N3OS. The highest BCUT2D eigenvalue weighted by Gasteiger charge is 2.17. The van der Waals surface area contributed by atoms with Crippen LogP contribution in [0.2, 0.25) is 0 Å². The lowest BCUT2D eigenvalue weighted by molar-refractivity contribution is -0.120. The minimum atomic E-state index is -0.116. The summed E-state index contributed by atoms with van der Waals surface area (Å²) in [5.74, 6) is -0.116. The first-order chi connectivity index (χ1) is 13.6. The number of benzene rings is 2. The number of hydrazone groups is 1. The number of carbonyl (C=O) groups is 1. The summed E-state index contributed by atoms with van der Waals surface area (Å²) >= 11 is 1.61. The molecule has 0 aliphatic carbocycles. The molecule has 0 saturated carbocycles. The summed E-state index contributed by atoms with van der Waals surface area (Å²) in [5, 5.41) is 7.35. The number of carbonyl (C=O) groups excluding carboxylic acids is 1. The molecular weight excluding hydrogens is 366 g/mol. The van der Waals surface area contributed by atoms with E-state index < -0.39 is 0 Å². The Morgan fingerprint density at radius 3 is 2.54 bits per heavy atom. The molecule has 1 amide bonds. The SMILES string of the molecule is CC(=NNC(=O)Cc1c(C)n(-c2ccccc2)c2ccccc12)c1cccs1. The summed E-state index contributed by atoms with van der Waals surface area (Å²) < 4.78 is 2.21. The van der Waals surface area contributed by atoms with Gasteiger partial charge >= 0.3 is 0 Å². The number of nitrogens with one attached hydrogen (secondary N) is 1. The van der Waals surface area contributed by atoms with E-state index in [1.165, 1.54) is 0 Å². The highest BCUT2D eigenvalue weighted by atomic mass is 32.1. The summed E-state index contributed by atoms with van der Waals surface area (Å²) in [4.78, 5) is 13.7. The lowest BCUT2D eigenvalue weighted by Crippen LogP contribution is -2.21. The fourth-order valence-corrected chi connectivity index (χ4v) is 4.13. The van der Waals surface area contributed by atoms with Gasteiger partial charge in [0.05, 0.1) is 17.6 Å². The third kappa shape index (κ3) is 3.49. The van der Waals surface area contributed by atoms with Crippen LogP contribution in [0.5, 0.6) is 0 Å². The van der Waals surface area contributed by atoms with Crippen molar-refractivity contribution in [3.63, 3.8) is 0 Å². The number of rotatable bonds is 5. The van der Waals surface area contributed by atoms with Gasteiger partial charge in [0.2, 0.25) is 5.91 Å². The van der Waals surface area contributed by atoms with E-state index in [0.717, 1.165) is 38.4 Å². The van der Waals surface area contributed by atoms with E-state index >= 15 is 0 Å². The second-order valence-electron chi connectivity index (χ2n) is 6.64. The van der Waals surface area contributed by atoms with E-state index in [1.54, 1.807) is 11.3 Å². The van der Waals surface area contributed by atoms with Crippen molar-refractivity contribution in [2.24, 2.45) is 5.10 Å². The van der Waals surface area contributed by atoms with Gasteiger partial charge in [-0.25, -0.2) is 5.43 Å². The van der Waals surface area contributed by atoms with Crippen LogP contribution in [0.1, 0.15) is 23.1 Å². The zero-order valence-corrected chi connectivity index (χ0v) is 16.7. The van der Waals surface area contributed by atoms with Crippen LogP contribution >= 0.6 is 11.3 Å². The normalized spacial score (nSPS) is 11.7. The van der Waals surface area contributed by atoms with Crippen LogP contribution in [-0.4, -0.2) is 16.2 Å². The van der Waals surface area contributed by atoms with Crippen LogP contribution in [-0.2, 0) is 11.2 Å². The Balaban J connectivity index is 1.65. The molecule has 0 aliphatic rings. The molecule has 0 unspecified atom stereocenters. The molecule has 0 atom stereocenters. The summed E-state index contributed by atoms with van der Waals surface area (Å²) in [7, 11) is 0. The number of fused-ring (bicyclic) bond motifs is 1. The summed E-state index contributed by atoms with van der Waals surface area (Å²) in [5.41, 5.74) is 7.81. The minimum absolute atomic E-state index is 0.116. The number of amides is 1. The standard InChI is InChI=1S/C23H21N3OS/c1-16(22-13-8-14-28-22)24-25-23(27)15-20-17(2)26(18-9-4-3-5-10-18)21-12-7-6-11-19(20)21/h3-14H,15H2,1-2H3,(H,25,27). The van der Waals surface area contributed by atoms with Gasteiger partial charge in [-0.1, -0.05) is 42.5 Å². The summed E-state index contributed by atoms with van der Waals surface area (Å²) in [6.45, 7) is 3.97. The van der Waals surface area contributed by atoms with Gasteiger partial charge in [-0.15, -0.1) is 11.3 Å². The molecule has 4 nitrogen and oxygen atoms in total. The van der Waals surface area contributed by atoms with Crippen molar-refractivity contribution in [3.8, 4) is 5.69 Å². The first-order valence-corrected chi connectivity index (χ1v) is 10.0. The third-order valence-corrected chi connectivity index (χ3v) is 5.80. The monoisotopic (exact) mass is 387 g/mol. The van der Waals surface area contributed by atoms with Crippen LogP contribution in [0.3, 0.4) is 0 Å². The van der Waals surface area contributed by atoms with Crippen molar-refractivity contribution < 1.29 is 4.79 Å². The molecule has 1 N–H and O–H groups in total. The Labute approximate surface area is 168 Å². The Hall–Kier alpha value is -3.18. The quantitative estimate of drug-likeness (QED) is 0.377. The Morgan fingerprint density at radius 1 is 1.04 bits per heavy atom. The van der Waals surface area contributed by atoms with Crippen LogP contribution in [0.4, 0.5) is 0 Å². The number of thiophene rings is 1. The van der Waals surface area contributed by atoms with Gasteiger partial charge in [0.25, 0.3) is 0 Å². The van der Waals surface area contributed by atoms with E-state index in [1.807, 2.05) is 54.8 Å². The van der Waals surface area contributed by atoms with E-state index in [9.17, 15) is 4.79 Å². The van der Waals surface area contributed by atoms with Crippen LogP contribution in [0.25, 0.3) is 16.6 Å². The first-order valence-electron chi connectivity index (χ1n) is 9.16. The maximum Gasteiger partial charge on any atom is 0.244 e. The summed E-state index contributed by atoms with van der Waals surface area (Å²) in [6.07, 6.45) is 0.285. The van der Waals surface area contributed by atoms with Gasteiger partial charge in [0.1, 0.15) is 0 Å². The highest BCUT2D eigenvalue weighted by molar-refractivity contribution is 7.12. The first kappa shape index (κ1) is 18.2. The topological polar surface area (TPSA) is 46.4 Å². The van der Waals surface area contributed by atoms with Crippen molar-refractivity contribution in [3.05, 3.63) is 88.2 Å².